The molecule has 1 N–H and O–H groups in total. The van der Waals surface area contributed by atoms with E-state index in [9.17, 15) is 9.90 Å². The zero-order valence-corrected chi connectivity index (χ0v) is 11.7. The van der Waals surface area contributed by atoms with E-state index in [1.807, 2.05) is 24.5 Å². The lowest BCUT2D eigenvalue weighted by atomic mass is 10.0. The summed E-state index contributed by atoms with van der Waals surface area (Å²) in [5, 5.41) is 9.46. The molecule has 0 fully saturated rings. The summed E-state index contributed by atoms with van der Waals surface area (Å²) in [6.45, 7) is 4.90. The minimum atomic E-state index is -0.107. The number of rotatable bonds is 6. The van der Waals surface area contributed by atoms with E-state index in [0.717, 1.165) is 6.42 Å². The Morgan fingerprint density at radius 2 is 2.21 bits per heavy atom. The van der Waals surface area contributed by atoms with Gasteiger partial charge < -0.3 is 14.1 Å². The average Bonchev–Trinajstić information content (AvgIpc) is 2.87. The highest BCUT2D eigenvalue weighted by Gasteiger charge is 2.11. The Morgan fingerprint density at radius 3 is 2.89 bits per heavy atom. The van der Waals surface area contributed by atoms with Crippen LogP contribution in [0.15, 0.2) is 29.3 Å². The SMILES string of the molecule is CCCCC(C)Cn1c(CO)cn2cccc2c1=O. The minimum Gasteiger partial charge on any atom is -0.390 e. The zero-order chi connectivity index (χ0) is 13.8. The fraction of sp³-hybridized carbons (Fsp3) is 0.533. The first-order chi connectivity index (χ1) is 9.17. The van der Waals surface area contributed by atoms with Crippen molar-refractivity contribution < 1.29 is 5.11 Å². The van der Waals surface area contributed by atoms with Crippen molar-refractivity contribution in [1.29, 1.82) is 0 Å². The third kappa shape index (κ3) is 2.89. The normalized spacial score (nSPS) is 13.0. The summed E-state index contributed by atoms with van der Waals surface area (Å²) in [4.78, 5) is 12.4. The van der Waals surface area contributed by atoms with Gasteiger partial charge in [-0.3, -0.25) is 4.79 Å². The Bertz CT molecular complexity index is 598. The predicted octanol–water partition coefficient (Wildman–Crippen LogP) is 2.42. The van der Waals surface area contributed by atoms with Crippen molar-refractivity contribution in [3.05, 3.63) is 40.6 Å². The Hall–Kier alpha value is -1.55. The van der Waals surface area contributed by atoms with Crippen LogP contribution < -0.4 is 5.56 Å². The molecule has 4 nitrogen and oxygen atoms in total. The molecule has 0 aliphatic rings. The third-order valence-electron chi connectivity index (χ3n) is 3.58. The number of hydrogen-bond acceptors (Lipinski definition) is 2. The molecule has 0 radical (unpaired) electrons. The van der Waals surface area contributed by atoms with Gasteiger partial charge in [-0.1, -0.05) is 26.7 Å². The number of hydrogen-bond donors (Lipinski definition) is 1. The van der Waals surface area contributed by atoms with E-state index >= 15 is 0 Å². The van der Waals surface area contributed by atoms with Gasteiger partial charge in [-0.25, -0.2) is 0 Å². The molecule has 0 aromatic carbocycles. The first-order valence-electron chi connectivity index (χ1n) is 6.97. The molecule has 0 saturated carbocycles. The van der Waals surface area contributed by atoms with E-state index in [1.165, 1.54) is 12.8 Å². The van der Waals surface area contributed by atoms with Crippen LogP contribution in [0.1, 0.15) is 38.8 Å². The summed E-state index contributed by atoms with van der Waals surface area (Å²) >= 11 is 0. The maximum Gasteiger partial charge on any atom is 0.275 e. The number of unbranched alkanes of at least 4 members (excludes halogenated alkanes) is 1. The molecule has 2 heterocycles. The number of aliphatic hydroxyl groups is 1. The molecule has 104 valence electrons. The number of nitrogens with zero attached hydrogens (tertiary/aromatic N) is 2. The van der Waals surface area contributed by atoms with Crippen LogP contribution in [0.2, 0.25) is 0 Å². The van der Waals surface area contributed by atoms with E-state index in [-0.39, 0.29) is 12.2 Å². The monoisotopic (exact) mass is 262 g/mol. The highest BCUT2D eigenvalue weighted by Crippen LogP contribution is 2.12. The molecule has 2 aromatic heterocycles. The molecule has 0 amide bonds. The van der Waals surface area contributed by atoms with E-state index in [2.05, 4.69) is 13.8 Å². The van der Waals surface area contributed by atoms with Crippen molar-refractivity contribution in [2.75, 3.05) is 0 Å². The second-order valence-corrected chi connectivity index (χ2v) is 5.24. The molecular formula is C15H22N2O2. The maximum atomic E-state index is 12.4. The molecule has 2 rings (SSSR count). The molecule has 1 atom stereocenters. The average molecular weight is 262 g/mol. The summed E-state index contributed by atoms with van der Waals surface area (Å²) in [6.07, 6.45) is 7.13. The summed E-state index contributed by atoms with van der Waals surface area (Å²) < 4.78 is 3.50. The van der Waals surface area contributed by atoms with Gasteiger partial charge in [-0.05, 0) is 24.5 Å². The van der Waals surface area contributed by atoms with Gasteiger partial charge in [0.25, 0.3) is 5.56 Å². The second-order valence-electron chi connectivity index (χ2n) is 5.24. The van der Waals surface area contributed by atoms with Crippen LogP contribution in [-0.2, 0) is 13.2 Å². The molecule has 0 aliphatic heterocycles. The Morgan fingerprint density at radius 1 is 1.42 bits per heavy atom. The van der Waals surface area contributed by atoms with E-state index in [4.69, 9.17) is 0 Å². The van der Waals surface area contributed by atoms with Crippen LogP contribution in [0.4, 0.5) is 0 Å². The molecule has 0 spiro atoms. The topological polar surface area (TPSA) is 46.6 Å². The van der Waals surface area contributed by atoms with Gasteiger partial charge in [0, 0.05) is 18.9 Å². The fourth-order valence-electron chi connectivity index (χ4n) is 2.47. The summed E-state index contributed by atoms with van der Waals surface area (Å²) in [5.41, 5.74) is 1.33. The molecule has 2 aromatic rings. The highest BCUT2D eigenvalue weighted by atomic mass is 16.3. The Balaban J connectivity index is 2.35. The fourth-order valence-corrected chi connectivity index (χ4v) is 2.47. The molecule has 1 unspecified atom stereocenters. The first-order valence-corrected chi connectivity index (χ1v) is 6.97. The van der Waals surface area contributed by atoms with Gasteiger partial charge >= 0.3 is 0 Å². The van der Waals surface area contributed by atoms with Crippen LogP contribution in [0, 0.1) is 5.92 Å². The molecule has 19 heavy (non-hydrogen) atoms. The van der Waals surface area contributed by atoms with Crippen molar-refractivity contribution >= 4 is 5.52 Å². The van der Waals surface area contributed by atoms with Crippen LogP contribution in [0.5, 0.6) is 0 Å². The Kier molecular flexibility index (Phi) is 4.43. The van der Waals surface area contributed by atoms with Crippen molar-refractivity contribution in [2.45, 2.75) is 46.3 Å². The van der Waals surface area contributed by atoms with E-state index in [0.29, 0.717) is 23.7 Å². The summed E-state index contributed by atoms with van der Waals surface area (Å²) in [5.74, 6) is 0.445. The minimum absolute atomic E-state index is 0.0140. The van der Waals surface area contributed by atoms with Gasteiger partial charge in [-0.15, -0.1) is 0 Å². The third-order valence-corrected chi connectivity index (χ3v) is 3.58. The van der Waals surface area contributed by atoms with Crippen molar-refractivity contribution in [1.82, 2.24) is 8.97 Å². The standard InChI is InChI=1S/C15H22N2O2/c1-3-4-6-12(2)9-17-13(11-18)10-16-8-5-7-14(16)15(17)19/h5,7-8,10,12,18H,3-4,6,9,11H2,1-2H3. The van der Waals surface area contributed by atoms with Gasteiger partial charge in [0.15, 0.2) is 0 Å². The first kappa shape index (κ1) is 13.9. The van der Waals surface area contributed by atoms with Gasteiger partial charge in [0.2, 0.25) is 0 Å². The molecule has 0 saturated heterocycles. The Labute approximate surface area is 113 Å². The van der Waals surface area contributed by atoms with Crippen LogP contribution in [0.3, 0.4) is 0 Å². The molecule has 0 aliphatic carbocycles. The maximum absolute atomic E-state index is 12.4. The lowest BCUT2D eigenvalue weighted by Gasteiger charge is -2.17. The van der Waals surface area contributed by atoms with E-state index in [1.54, 1.807) is 8.97 Å². The van der Waals surface area contributed by atoms with Crippen molar-refractivity contribution in [3.8, 4) is 0 Å². The smallest absolute Gasteiger partial charge is 0.275 e. The summed E-state index contributed by atoms with van der Waals surface area (Å²) in [7, 11) is 0. The van der Waals surface area contributed by atoms with Crippen molar-refractivity contribution in [3.63, 3.8) is 0 Å². The molecule has 0 bridgehead atoms. The highest BCUT2D eigenvalue weighted by molar-refractivity contribution is 5.45. The summed E-state index contributed by atoms with van der Waals surface area (Å²) in [6, 6.07) is 3.67. The number of aliphatic hydroxyl groups excluding tert-OH is 1. The van der Waals surface area contributed by atoms with Crippen LogP contribution in [-0.4, -0.2) is 14.1 Å². The van der Waals surface area contributed by atoms with E-state index < -0.39 is 0 Å². The van der Waals surface area contributed by atoms with Crippen molar-refractivity contribution in [2.24, 2.45) is 5.92 Å². The lowest BCUT2D eigenvalue weighted by molar-refractivity contribution is 0.263. The largest absolute Gasteiger partial charge is 0.390 e. The van der Waals surface area contributed by atoms with Gasteiger partial charge in [0.05, 0.1) is 12.3 Å². The predicted molar refractivity (Wildman–Crippen MR) is 76.3 cm³/mol. The lowest BCUT2D eigenvalue weighted by Crippen LogP contribution is -2.27. The van der Waals surface area contributed by atoms with Gasteiger partial charge in [0.1, 0.15) is 5.52 Å². The second kappa shape index (κ2) is 6.06. The number of fused-ring (bicyclic) bond motifs is 1. The van der Waals surface area contributed by atoms with Gasteiger partial charge in [-0.2, -0.15) is 0 Å². The van der Waals surface area contributed by atoms with Crippen LogP contribution >= 0.6 is 0 Å². The molecule has 4 heteroatoms. The molecular weight excluding hydrogens is 240 g/mol. The number of aromatic nitrogens is 2. The quantitative estimate of drug-likeness (QED) is 0.869. The van der Waals surface area contributed by atoms with Crippen LogP contribution in [0.25, 0.3) is 5.52 Å². The zero-order valence-electron chi connectivity index (χ0n) is 11.7.